The summed E-state index contributed by atoms with van der Waals surface area (Å²) in [6, 6.07) is 8.93. The summed E-state index contributed by atoms with van der Waals surface area (Å²) in [6.45, 7) is 4.53. The lowest BCUT2D eigenvalue weighted by Crippen LogP contribution is -2.04. The molecule has 0 N–H and O–H groups in total. The second-order valence-electron chi connectivity index (χ2n) is 5.23. The number of halogens is 2. The third-order valence-electron chi connectivity index (χ3n) is 3.94. The van der Waals surface area contributed by atoms with Crippen LogP contribution in [0.5, 0.6) is 0 Å². The second-order valence-corrected chi connectivity index (χ2v) is 6.35. The number of rotatable bonds is 6. The zero-order valence-corrected chi connectivity index (χ0v) is 15.5. The van der Waals surface area contributed by atoms with E-state index in [0.29, 0.717) is 0 Å². The van der Waals surface area contributed by atoms with Crippen LogP contribution in [0.15, 0.2) is 24.3 Å². The van der Waals surface area contributed by atoms with Gasteiger partial charge in [-0.05, 0) is 45.9 Å². The van der Waals surface area contributed by atoms with Crippen LogP contribution in [0, 0.1) is 0 Å². The molecule has 2 rings (SSSR count). The van der Waals surface area contributed by atoms with Crippen LogP contribution in [0.1, 0.15) is 48.9 Å². The summed E-state index contributed by atoms with van der Waals surface area (Å²) in [5.74, 6) is 0. The van der Waals surface area contributed by atoms with E-state index in [1.54, 1.807) is 0 Å². The van der Waals surface area contributed by atoms with E-state index in [-0.39, 0.29) is 0 Å². The maximum atomic E-state index is 3.72. The fraction of sp³-hybridized carbons (Fsp3) is 0.444. The van der Waals surface area contributed by atoms with Gasteiger partial charge >= 0.3 is 0 Å². The molecule has 0 aliphatic carbocycles. The van der Waals surface area contributed by atoms with Gasteiger partial charge in [0.05, 0.1) is 0 Å². The quantitative estimate of drug-likeness (QED) is 0.485. The summed E-state index contributed by atoms with van der Waals surface area (Å²) in [6.07, 6.45) is 4.71. The van der Waals surface area contributed by atoms with Gasteiger partial charge in [0, 0.05) is 10.7 Å². The highest BCUT2D eigenvalue weighted by Crippen LogP contribution is 2.35. The molecule has 0 radical (unpaired) electrons. The molecule has 0 nitrogen and oxygen atoms in total. The van der Waals surface area contributed by atoms with Crippen LogP contribution in [-0.4, -0.2) is 0 Å². The molecule has 0 saturated carbocycles. The zero-order chi connectivity index (χ0) is 14.5. The summed E-state index contributed by atoms with van der Waals surface area (Å²) < 4.78 is 0. The largest absolute Gasteiger partial charge is 0.0876 e. The molecular weight excluding hydrogens is 376 g/mol. The van der Waals surface area contributed by atoms with Gasteiger partial charge in [-0.25, -0.2) is 0 Å². The van der Waals surface area contributed by atoms with Crippen LogP contribution in [0.2, 0.25) is 0 Å². The number of aryl methyl sites for hydroxylation is 2. The van der Waals surface area contributed by atoms with E-state index >= 15 is 0 Å². The Labute approximate surface area is 139 Å². The molecule has 2 aromatic rings. The fourth-order valence-electron chi connectivity index (χ4n) is 3.09. The summed E-state index contributed by atoms with van der Waals surface area (Å²) >= 11 is 7.44. The van der Waals surface area contributed by atoms with Gasteiger partial charge in [0.15, 0.2) is 0 Å². The predicted molar refractivity (Wildman–Crippen MR) is 97.2 cm³/mol. The van der Waals surface area contributed by atoms with E-state index in [2.05, 4.69) is 70.0 Å². The molecule has 0 amide bonds. The Morgan fingerprint density at radius 2 is 1.10 bits per heavy atom. The van der Waals surface area contributed by atoms with Gasteiger partial charge in [-0.15, -0.1) is 0 Å². The molecular formula is C18H22Br2. The minimum atomic E-state index is 0.949. The van der Waals surface area contributed by atoms with Crippen molar-refractivity contribution in [1.29, 1.82) is 0 Å². The molecule has 2 heteroatoms. The molecule has 0 bridgehead atoms. The first-order chi connectivity index (χ1) is 9.78. The molecule has 0 fully saturated rings. The number of benzene rings is 2. The summed E-state index contributed by atoms with van der Waals surface area (Å²) in [7, 11) is 0. The van der Waals surface area contributed by atoms with E-state index in [0.717, 1.165) is 23.5 Å². The van der Waals surface area contributed by atoms with Crippen LogP contribution in [0.3, 0.4) is 0 Å². The maximum Gasteiger partial charge on any atom is 0.0289 e. The van der Waals surface area contributed by atoms with E-state index in [1.165, 1.54) is 45.9 Å². The maximum absolute atomic E-state index is 3.72. The Balaban J connectivity index is 2.85. The van der Waals surface area contributed by atoms with Crippen LogP contribution in [0.4, 0.5) is 0 Å². The lowest BCUT2D eigenvalue weighted by Gasteiger charge is -2.20. The van der Waals surface area contributed by atoms with E-state index in [1.807, 2.05) is 0 Å². The lowest BCUT2D eigenvalue weighted by atomic mass is 9.87. The Bertz CT molecular complexity index is 535. The van der Waals surface area contributed by atoms with Crippen molar-refractivity contribution in [3.05, 3.63) is 46.5 Å². The fourth-order valence-corrected chi connectivity index (χ4v) is 4.45. The third kappa shape index (κ3) is 2.96. The Hall–Kier alpha value is -0.340. The van der Waals surface area contributed by atoms with E-state index in [4.69, 9.17) is 0 Å². The monoisotopic (exact) mass is 396 g/mol. The van der Waals surface area contributed by atoms with Crippen molar-refractivity contribution in [1.82, 2.24) is 0 Å². The Morgan fingerprint density at radius 3 is 1.40 bits per heavy atom. The average Bonchev–Trinajstić information content (AvgIpc) is 2.49. The van der Waals surface area contributed by atoms with Gasteiger partial charge < -0.3 is 0 Å². The zero-order valence-electron chi connectivity index (χ0n) is 12.3. The van der Waals surface area contributed by atoms with Crippen molar-refractivity contribution in [2.45, 2.75) is 50.2 Å². The van der Waals surface area contributed by atoms with Gasteiger partial charge in [0.25, 0.3) is 0 Å². The lowest BCUT2D eigenvalue weighted by molar-refractivity contribution is 0.896. The van der Waals surface area contributed by atoms with E-state index < -0.39 is 0 Å². The van der Waals surface area contributed by atoms with Crippen molar-refractivity contribution in [3.8, 4) is 0 Å². The molecule has 108 valence electrons. The number of alkyl halides is 2. The number of hydrogen-bond acceptors (Lipinski definition) is 0. The molecule has 0 spiro atoms. The van der Waals surface area contributed by atoms with E-state index in [9.17, 15) is 0 Å². The first kappa shape index (κ1) is 16.0. The Morgan fingerprint density at radius 1 is 0.700 bits per heavy atom. The van der Waals surface area contributed by atoms with Gasteiger partial charge in [0.1, 0.15) is 0 Å². The molecule has 0 unspecified atom stereocenters. The summed E-state index contributed by atoms with van der Waals surface area (Å²) in [5, 5.41) is 4.81. The first-order valence-electron chi connectivity index (χ1n) is 7.44. The van der Waals surface area contributed by atoms with Crippen molar-refractivity contribution in [3.63, 3.8) is 0 Å². The van der Waals surface area contributed by atoms with Crippen molar-refractivity contribution < 1.29 is 0 Å². The highest BCUT2D eigenvalue weighted by molar-refractivity contribution is 9.09. The van der Waals surface area contributed by atoms with Gasteiger partial charge in [-0.1, -0.05) is 82.8 Å². The summed E-state index contributed by atoms with van der Waals surface area (Å²) in [5.41, 5.74) is 6.08. The predicted octanol–water partition coefficient (Wildman–Crippen LogP) is 6.53. The van der Waals surface area contributed by atoms with Crippen LogP contribution >= 0.6 is 31.9 Å². The standard InChI is InChI=1S/C18H22Br2/c1-3-7-13-15-9-5-6-10-16(15)14(8-4-2)18(12-20)17(13)11-19/h5-6,9-10H,3-4,7-8,11-12H2,1-2H3. The molecule has 20 heavy (non-hydrogen) atoms. The van der Waals surface area contributed by atoms with Gasteiger partial charge in [0.2, 0.25) is 0 Å². The average molecular weight is 398 g/mol. The normalized spacial score (nSPS) is 11.2. The first-order valence-corrected chi connectivity index (χ1v) is 9.68. The van der Waals surface area contributed by atoms with Crippen LogP contribution in [0.25, 0.3) is 10.8 Å². The molecule has 0 heterocycles. The minimum Gasteiger partial charge on any atom is -0.0876 e. The molecule has 2 aromatic carbocycles. The van der Waals surface area contributed by atoms with Crippen molar-refractivity contribution in [2.75, 3.05) is 0 Å². The molecule has 0 aliphatic rings. The number of fused-ring (bicyclic) bond motifs is 1. The topological polar surface area (TPSA) is 0 Å². The third-order valence-corrected chi connectivity index (χ3v) is 5.06. The van der Waals surface area contributed by atoms with Crippen LogP contribution in [-0.2, 0) is 23.5 Å². The second kappa shape index (κ2) is 7.61. The highest BCUT2D eigenvalue weighted by Gasteiger charge is 2.16. The van der Waals surface area contributed by atoms with Gasteiger partial charge in [-0.3, -0.25) is 0 Å². The SMILES string of the molecule is CCCc1c(CBr)c(CBr)c(CCC)c2ccccc12. The molecule has 0 aromatic heterocycles. The molecule has 0 atom stereocenters. The van der Waals surface area contributed by atoms with Crippen molar-refractivity contribution in [2.24, 2.45) is 0 Å². The number of hydrogen-bond donors (Lipinski definition) is 0. The minimum absolute atomic E-state index is 0.949. The smallest absolute Gasteiger partial charge is 0.0289 e. The van der Waals surface area contributed by atoms with Crippen LogP contribution < -0.4 is 0 Å². The summed E-state index contributed by atoms with van der Waals surface area (Å²) in [4.78, 5) is 0. The molecule has 0 saturated heterocycles. The highest BCUT2D eigenvalue weighted by atomic mass is 79.9. The van der Waals surface area contributed by atoms with Crippen molar-refractivity contribution >= 4 is 42.6 Å². The Kier molecular flexibility index (Phi) is 6.10. The molecule has 0 aliphatic heterocycles. The van der Waals surface area contributed by atoms with Gasteiger partial charge in [-0.2, -0.15) is 0 Å².